The number of aldehydes is 1. The molecule has 124 valence electrons. The molecule has 1 saturated heterocycles. The maximum Gasteiger partial charge on any atom is 0.188 e. The predicted octanol–water partition coefficient (Wildman–Crippen LogP) is 3.90. The summed E-state index contributed by atoms with van der Waals surface area (Å²) in [5.74, 6) is 0. The van der Waals surface area contributed by atoms with Gasteiger partial charge in [-0.15, -0.1) is 0 Å². The van der Waals surface area contributed by atoms with E-state index in [0.29, 0.717) is 13.0 Å². The van der Waals surface area contributed by atoms with Crippen LogP contribution in [0.3, 0.4) is 0 Å². The van der Waals surface area contributed by atoms with Crippen LogP contribution in [-0.2, 0) is 18.7 Å². The summed E-state index contributed by atoms with van der Waals surface area (Å²) in [4.78, 5) is 11.7. The topological polar surface area (TPSA) is 44.8 Å². The number of carbonyl (C=O) groups is 1. The molecule has 0 radical (unpaired) electrons. The van der Waals surface area contributed by atoms with E-state index < -0.39 is 13.9 Å². The first-order valence-electron chi connectivity index (χ1n) is 8.36. The maximum atomic E-state index is 11.7. The van der Waals surface area contributed by atoms with Crippen LogP contribution >= 0.6 is 0 Å². The molecule has 0 aromatic heterocycles. The lowest BCUT2D eigenvalue weighted by Gasteiger charge is -2.37. The largest absolute Gasteiger partial charge is 0.403 e. The Morgan fingerprint density at radius 3 is 2.62 bits per heavy atom. The Labute approximate surface area is 130 Å². The van der Waals surface area contributed by atoms with Crippen LogP contribution in [0.25, 0.3) is 0 Å². The Kier molecular flexibility index (Phi) is 8.09. The van der Waals surface area contributed by atoms with Gasteiger partial charge < -0.3 is 18.7 Å². The van der Waals surface area contributed by atoms with Crippen LogP contribution in [0.2, 0.25) is 19.1 Å². The van der Waals surface area contributed by atoms with Gasteiger partial charge in [-0.2, -0.15) is 0 Å². The van der Waals surface area contributed by atoms with E-state index >= 15 is 0 Å². The Hall–Kier alpha value is -0.233. The third-order valence-corrected chi connectivity index (χ3v) is 6.59. The second kappa shape index (κ2) is 9.03. The van der Waals surface area contributed by atoms with Gasteiger partial charge in [0.2, 0.25) is 0 Å². The minimum absolute atomic E-state index is 0.173. The number of ether oxygens (including phenoxy) is 2. The molecular weight excluding hydrogens is 284 g/mol. The van der Waals surface area contributed by atoms with Gasteiger partial charge in [0.1, 0.15) is 5.60 Å². The molecule has 4 nitrogen and oxygen atoms in total. The quantitative estimate of drug-likeness (QED) is 0.453. The second-order valence-electron chi connectivity index (χ2n) is 6.61. The van der Waals surface area contributed by atoms with Crippen LogP contribution in [0.1, 0.15) is 52.4 Å². The molecule has 0 bridgehead atoms. The molecular formula is C16H32O4Si. The van der Waals surface area contributed by atoms with Gasteiger partial charge >= 0.3 is 0 Å². The number of hydrogen-bond donors (Lipinski definition) is 0. The standard InChI is InChI=1S/C16H32O4Si/c1-5-7-12-21(3,4)20-16(6-2,13-17)14-19-15-10-8-9-11-18-15/h13,15H,5-12,14H2,1-4H3. The minimum Gasteiger partial charge on any atom is -0.403 e. The SMILES string of the molecule is CCCC[Si](C)(C)OC(C=O)(CC)COC1CCCCO1. The Morgan fingerprint density at radius 1 is 1.33 bits per heavy atom. The zero-order chi connectivity index (χ0) is 15.8. The highest BCUT2D eigenvalue weighted by atomic mass is 28.4. The molecule has 2 atom stereocenters. The normalized spacial score (nSPS) is 22.8. The summed E-state index contributed by atoms with van der Waals surface area (Å²) in [5, 5.41) is 0. The van der Waals surface area contributed by atoms with E-state index in [1.807, 2.05) is 6.92 Å². The van der Waals surface area contributed by atoms with Crippen LogP contribution in [-0.4, -0.2) is 39.7 Å². The highest BCUT2D eigenvalue weighted by Crippen LogP contribution is 2.26. The third kappa shape index (κ3) is 6.59. The molecule has 0 aromatic carbocycles. The summed E-state index contributed by atoms with van der Waals surface area (Å²) >= 11 is 0. The summed E-state index contributed by atoms with van der Waals surface area (Å²) in [6, 6.07) is 1.08. The first-order chi connectivity index (χ1) is 9.97. The van der Waals surface area contributed by atoms with Crippen LogP contribution in [0.4, 0.5) is 0 Å². The zero-order valence-electron chi connectivity index (χ0n) is 14.2. The van der Waals surface area contributed by atoms with Crippen molar-refractivity contribution in [2.75, 3.05) is 13.2 Å². The molecule has 0 saturated carbocycles. The van der Waals surface area contributed by atoms with Gasteiger partial charge in [0.05, 0.1) is 6.61 Å². The first kappa shape index (κ1) is 18.8. The molecule has 0 aliphatic carbocycles. The van der Waals surface area contributed by atoms with Gasteiger partial charge in [0.25, 0.3) is 0 Å². The molecule has 2 unspecified atom stereocenters. The molecule has 0 amide bonds. The van der Waals surface area contributed by atoms with E-state index in [4.69, 9.17) is 13.9 Å². The summed E-state index contributed by atoms with van der Waals surface area (Å²) in [5.41, 5.74) is -0.801. The van der Waals surface area contributed by atoms with Crippen molar-refractivity contribution in [1.82, 2.24) is 0 Å². The van der Waals surface area contributed by atoms with Gasteiger partial charge in [-0.25, -0.2) is 0 Å². The van der Waals surface area contributed by atoms with Crippen molar-refractivity contribution >= 4 is 14.6 Å². The van der Waals surface area contributed by atoms with E-state index in [9.17, 15) is 4.79 Å². The summed E-state index contributed by atoms with van der Waals surface area (Å²) in [6.45, 7) is 9.61. The Bertz CT molecular complexity index is 303. The molecule has 1 aliphatic heterocycles. The molecule has 21 heavy (non-hydrogen) atoms. The molecule has 5 heteroatoms. The van der Waals surface area contributed by atoms with Crippen molar-refractivity contribution < 1.29 is 18.7 Å². The van der Waals surface area contributed by atoms with Gasteiger partial charge in [-0.3, -0.25) is 0 Å². The first-order valence-corrected chi connectivity index (χ1v) is 11.5. The van der Waals surface area contributed by atoms with Gasteiger partial charge in [-0.1, -0.05) is 26.7 Å². The van der Waals surface area contributed by atoms with Crippen molar-refractivity contribution in [3.63, 3.8) is 0 Å². The number of unbranched alkanes of at least 4 members (excludes halogenated alkanes) is 1. The number of rotatable bonds is 10. The summed E-state index contributed by atoms with van der Waals surface area (Å²) < 4.78 is 17.7. The van der Waals surface area contributed by atoms with Crippen molar-refractivity contribution in [3.05, 3.63) is 0 Å². The highest BCUT2D eigenvalue weighted by Gasteiger charge is 2.37. The monoisotopic (exact) mass is 316 g/mol. The summed E-state index contributed by atoms with van der Waals surface area (Å²) in [7, 11) is -1.84. The maximum absolute atomic E-state index is 11.7. The van der Waals surface area contributed by atoms with Crippen molar-refractivity contribution in [2.24, 2.45) is 0 Å². The molecule has 0 aromatic rings. The molecule has 1 aliphatic rings. The fourth-order valence-electron chi connectivity index (χ4n) is 2.63. The van der Waals surface area contributed by atoms with Crippen LogP contribution < -0.4 is 0 Å². The number of hydrogen-bond acceptors (Lipinski definition) is 4. The van der Waals surface area contributed by atoms with E-state index in [1.54, 1.807) is 0 Å². The molecule has 0 N–H and O–H groups in total. The Morgan fingerprint density at radius 2 is 2.10 bits per heavy atom. The molecule has 1 rings (SSSR count). The van der Waals surface area contributed by atoms with Gasteiger partial charge in [0.15, 0.2) is 20.9 Å². The average Bonchev–Trinajstić information content (AvgIpc) is 2.50. The fourth-order valence-corrected chi connectivity index (χ4v) is 5.28. The highest BCUT2D eigenvalue weighted by molar-refractivity contribution is 6.71. The van der Waals surface area contributed by atoms with E-state index in [1.165, 1.54) is 0 Å². The van der Waals surface area contributed by atoms with Crippen LogP contribution in [0.15, 0.2) is 0 Å². The van der Waals surface area contributed by atoms with Crippen molar-refractivity contribution in [3.8, 4) is 0 Å². The average molecular weight is 317 g/mol. The molecule has 1 heterocycles. The van der Waals surface area contributed by atoms with Gasteiger partial charge in [-0.05, 0) is 44.8 Å². The lowest BCUT2D eigenvalue weighted by atomic mass is 10.1. The molecule has 0 spiro atoms. The fraction of sp³-hybridized carbons (Fsp3) is 0.938. The van der Waals surface area contributed by atoms with E-state index in [0.717, 1.165) is 51.0 Å². The number of carbonyl (C=O) groups excluding carboxylic acids is 1. The molecule has 1 fully saturated rings. The van der Waals surface area contributed by atoms with Crippen LogP contribution in [0.5, 0.6) is 0 Å². The van der Waals surface area contributed by atoms with E-state index in [-0.39, 0.29) is 6.29 Å². The third-order valence-electron chi connectivity index (χ3n) is 4.08. The Balaban J connectivity index is 2.57. The zero-order valence-corrected chi connectivity index (χ0v) is 15.2. The lowest BCUT2D eigenvalue weighted by molar-refractivity contribution is -0.187. The minimum atomic E-state index is -1.84. The smallest absolute Gasteiger partial charge is 0.188 e. The van der Waals surface area contributed by atoms with E-state index in [2.05, 4.69) is 20.0 Å². The van der Waals surface area contributed by atoms with Crippen LogP contribution in [0, 0.1) is 0 Å². The second-order valence-corrected chi connectivity index (χ2v) is 10.8. The summed E-state index contributed by atoms with van der Waals surface area (Å²) in [6.07, 6.45) is 6.87. The van der Waals surface area contributed by atoms with Gasteiger partial charge in [0, 0.05) is 6.61 Å². The lowest BCUT2D eigenvalue weighted by Crippen LogP contribution is -2.49. The van der Waals surface area contributed by atoms with Crippen molar-refractivity contribution in [1.29, 1.82) is 0 Å². The predicted molar refractivity (Wildman–Crippen MR) is 86.9 cm³/mol. The van der Waals surface area contributed by atoms with Crippen molar-refractivity contribution in [2.45, 2.75) is 83.4 Å².